The Morgan fingerprint density at radius 1 is 0.824 bits per heavy atom. The average molecular weight is 497 g/mol. The summed E-state index contributed by atoms with van der Waals surface area (Å²) in [6.07, 6.45) is 0.490. The molecular weight excluding hydrogens is 452 g/mol. The molecule has 2 aromatic rings. The molecule has 34 heavy (non-hydrogen) atoms. The molecule has 186 valence electrons. The Hall–Kier alpha value is -1.54. The molecule has 1 saturated carbocycles. The summed E-state index contributed by atoms with van der Waals surface area (Å²) in [6.45, 7) is 20.8. The van der Waals surface area contributed by atoms with Crippen LogP contribution in [0, 0.1) is 11.8 Å². The van der Waals surface area contributed by atoms with Gasteiger partial charge in [-0.1, -0.05) is 109 Å². The molecule has 0 saturated heterocycles. The lowest BCUT2D eigenvalue weighted by atomic mass is 9.98. The van der Waals surface area contributed by atoms with Gasteiger partial charge in [0.25, 0.3) is 8.32 Å². The third-order valence-electron chi connectivity index (χ3n) is 8.19. The first kappa shape index (κ1) is 27.1. The van der Waals surface area contributed by atoms with Gasteiger partial charge in [0.15, 0.2) is 8.32 Å². The van der Waals surface area contributed by atoms with Crippen molar-refractivity contribution in [3.05, 3.63) is 60.7 Å². The molecule has 0 unspecified atom stereocenters. The van der Waals surface area contributed by atoms with Crippen LogP contribution in [0.3, 0.4) is 0 Å². The molecule has 1 aliphatic carbocycles. The Kier molecular flexibility index (Phi) is 7.83. The van der Waals surface area contributed by atoms with Crippen LogP contribution in [0.2, 0.25) is 23.2 Å². The van der Waals surface area contributed by atoms with Gasteiger partial charge >= 0.3 is 0 Å². The van der Waals surface area contributed by atoms with Gasteiger partial charge in [0.2, 0.25) is 0 Å². The zero-order chi connectivity index (χ0) is 25.4. The van der Waals surface area contributed by atoms with Crippen molar-refractivity contribution >= 4 is 32.8 Å². The number of carbonyl (C=O) groups excluding carboxylic acids is 1. The maximum absolute atomic E-state index is 13.2. The maximum atomic E-state index is 13.2. The first-order chi connectivity index (χ1) is 15.7. The highest BCUT2D eigenvalue weighted by Crippen LogP contribution is 2.43. The van der Waals surface area contributed by atoms with E-state index in [1.807, 2.05) is 0 Å². The quantitative estimate of drug-likeness (QED) is 0.430. The topological polar surface area (TPSA) is 35.5 Å². The van der Waals surface area contributed by atoms with Crippen LogP contribution in [0.4, 0.5) is 0 Å². The minimum Gasteiger partial charge on any atom is -0.413 e. The fourth-order valence-electron chi connectivity index (χ4n) is 5.01. The van der Waals surface area contributed by atoms with Crippen LogP contribution in [-0.4, -0.2) is 35.1 Å². The van der Waals surface area contributed by atoms with Gasteiger partial charge in [-0.25, -0.2) is 0 Å². The molecular formula is C29H44O3Si2. The summed E-state index contributed by atoms with van der Waals surface area (Å²) >= 11 is 0. The number of Topliss-reactive ketones (excluding diaryl/α,β-unsaturated/α-hetero) is 1. The second-order valence-corrected chi connectivity index (χ2v) is 21.6. The molecule has 1 fully saturated rings. The van der Waals surface area contributed by atoms with E-state index < -0.39 is 16.6 Å². The summed E-state index contributed by atoms with van der Waals surface area (Å²) in [7, 11) is -4.61. The summed E-state index contributed by atoms with van der Waals surface area (Å²) in [5.74, 6) is 0.311. The second-order valence-electron chi connectivity index (χ2n) is 12.5. The summed E-state index contributed by atoms with van der Waals surface area (Å²) in [6, 6.07) is 21.3. The van der Waals surface area contributed by atoms with E-state index in [9.17, 15) is 4.79 Å². The monoisotopic (exact) mass is 496 g/mol. The van der Waals surface area contributed by atoms with E-state index in [0.29, 0.717) is 13.0 Å². The van der Waals surface area contributed by atoms with E-state index in [0.717, 1.165) is 0 Å². The lowest BCUT2D eigenvalue weighted by molar-refractivity contribution is -0.122. The number of hydrogen-bond donors (Lipinski definition) is 0. The van der Waals surface area contributed by atoms with E-state index >= 15 is 0 Å². The van der Waals surface area contributed by atoms with Crippen molar-refractivity contribution < 1.29 is 13.6 Å². The molecule has 0 heterocycles. The van der Waals surface area contributed by atoms with Gasteiger partial charge in [-0.05, 0) is 39.5 Å². The van der Waals surface area contributed by atoms with Crippen LogP contribution in [-0.2, 0) is 13.6 Å². The normalized spacial score (nSPS) is 22.3. The molecule has 0 aromatic heterocycles. The van der Waals surface area contributed by atoms with Gasteiger partial charge < -0.3 is 8.85 Å². The average Bonchev–Trinajstić information content (AvgIpc) is 3.00. The molecule has 0 bridgehead atoms. The Morgan fingerprint density at radius 3 is 1.71 bits per heavy atom. The Balaban J connectivity index is 1.93. The maximum Gasteiger partial charge on any atom is 0.261 e. The van der Waals surface area contributed by atoms with E-state index in [4.69, 9.17) is 8.85 Å². The largest absolute Gasteiger partial charge is 0.413 e. The molecule has 3 rings (SSSR count). The first-order valence-corrected chi connectivity index (χ1v) is 17.5. The third kappa shape index (κ3) is 5.18. The fourth-order valence-corrected chi connectivity index (χ4v) is 11.0. The minimum absolute atomic E-state index is 0.0128. The van der Waals surface area contributed by atoms with Crippen molar-refractivity contribution in [3.8, 4) is 0 Å². The Morgan fingerprint density at radius 2 is 1.29 bits per heavy atom. The first-order valence-electron chi connectivity index (χ1n) is 12.7. The lowest BCUT2D eigenvalue weighted by Crippen LogP contribution is -2.67. The zero-order valence-electron chi connectivity index (χ0n) is 22.6. The molecule has 2 aromatic carbocycles. The molecule has 0 N–H and O–H groups in total. The van der Waals surface area contributed by atoms with Gasteiger partial charge in [-0.15, -0.1) is 0 Å². The van der Waals surface area contributed by atoms with Crippen LogP contribution in [0.5, 0.6) is 0 Å². The molecule has 3 nitrogen and oxygen atoms in total. The SMILES string of the molecule is C[C@H]1[C@H](CO[Si](c2ccccc2)(c2ccccc2)C(C)(C)C)C(=O)C[C@H]1O[Si](C)(C)C(C)(C)C. The Bertz CT molecular complexity index is 919. The summed E-state index contributed by atoms with van der Waals surface area (Å²) in [5, 5.41) is 2.53. The smallest absolute Gasteiger partial charge is 0.261 e. The van der Waals surface area contributed by atoms with Gasteiger partial charge in [-0.2, -0.15) is 0 Å². The fraction of sp³-hybridized carbons (Fsp3) is 0.552. The third-order valence-corrected chi connectivity index (χ3v) is 17.7. The highest BCUT2D eigenvalue weighted by Gasteiger charge is 2.52. The number of carbonyl (C=O) groups is 1. The molecule has 3 atom stereocenters. The number of benzene rings is 2. The Labute approximate surface area is 209 Å². The summed E-state index contributed by atoms with van der Waals surface area (Å²) in [5.41, 5.74) is 0. The number of ketones is 1. The lowest BCUT2D eigenvalue weighted by Gasteiger charge is -2.44. The molecule has 0 aliphatic heterocycles. The van der Waals surface area contributed by atoms with E-state index in [1.165, 1.54) is 10.4 Å². The van der Waals surface area contributed by atoms with Gasteiger partial charge in [0, 0.05) is 18.9 Å². The van der Waals surface area contributed by atoms with E-state index in [1.54, 1.807) is 0 Å². The van der Waals surface area contributed by atoms with Crippen molar-refractivity contribution in [1.29, 1.82) is 0 Å². The molecule has 0 radical (unpaired) electrons. The van der Waals surface area contributed by atoms with Crippen molar-refractivity contribution in [1.82, 2.24) is 0 Å². The van der Waals surface area contributed by atoms with Gasteiger partial charge in [0.1, 0.15) is 5.78 Å². The van der Waals surface area contributed by atoms with E-state index in [-0.39, 0.29) is 33.8 Å². The minimum atomic E-state index is -2.66. The van der Waals surface area contributed by atoms with Gasteiger partial charge in [-0.3, -0.25) is 4.79 Å². The molecule has 0 spiro atoms. The van der Waals surface area contributed by atoms with Crippen molar-refractivity contribution in [2.75, 3.05) is 6.61 Å². The predicted octanol–water partition coefficient (Wildman–Crippen LogP) is 6.18. The molecule has 0 amide bonds. The van der Waals surface area contributed by atoms with Crippen LogP contribution in [0.15, 0.2) is 60.7 Å². The highest BCUT2D eigenvalue weighted by atomic mass is 28.4. The highest BCUT2D eigenvalue weighted by molar-refractivity contribution is 6.99. The summed E-state index contributed by atoms with van der Waals surface area (Å²) < 4.78 is 13.8. The van der Waals surface area contributed by atoms with Crippen LogP contribution in [0.1, 0.15) is 54.9 Å². The molecule has 5 heteroatoms. The van der Waals surface area contributed by atoms with E-state index in [2.05, 4.69) is 122 Å². The standard InChI is InChI=1S/C29H44O3Si2/c1-22-25(26(30)20-27(22)32-33(8,9)28(2,3)4)21-31-34(29(5,6)7,23-16-12-10-13-17-23)24-18-14-11-15-19-24/h10-19,22,25,27H,20-21H2,1-9H3/t22-,25-,27+/m0/s1. The van der Waals surface area contributed by atoms with Crippen LogP contribution < -0.4 is 10.4 Å². The van der Waals surface area contributed by atoms with Crippen molar-refractivity contribution in [2.45, 2.75) is 84.2 Å². The van der Waals surface area contributed by atoms with Crippen LogP contribution >= 0.6 is 0 Å². The predicted molar refractivity (Wildman–Crippen MR) is 148 cm³/mol. The number of hydrogen-bond acceptors (Lipinski definition) is 3. The second kappa shape index (κ2) is 9.84. The van der Waals surface area contributed by atoms with Gasteiger partial charge in [0.05, 0.1) is 6.10 Å². The number of rotatable bonds is 7. The molecule has 1 aliphatic rings. The van der Waals surface area contributed by atoms with Crippen molar-refractivity contribution in [2.24, 2.45) is 11.8 Å². The van der Waals surface area contributed by atoms with Crippen LogP contribution in [0.25, 0.3) is 0 Å². The summed E-state index contributed by atoms with van der Waals surface area (Å²) in [4.78, 5) is 13.2. The van der Waals surface area contributed by atoms with Crippen molar-refractivity contribution in [3.63, 3.8) is 0 Å². The zero-order valence-corrected chi connectivity index (χ0v) is 24.6.